The van der Waals surface area contributed by atoms with Crippen LogP contribution in [0.5, 0.6) is 0 Å². The Labute approximate surface area is 147 Å². The van der Waals surface area contributed by atoms with Gasteiger partial charge in [0.2, 0.25) is 0 Å². The van der Waals surface area contributed by atoms with E-state index in [1.807, 2.05) is 30.3 Å². The van der Waals surface area contributed by atoms with Gasteiger partial charge in [0, 0.05) is 17.5 Å². The molecule has 1 N–H and O–H groups in total. The first-order valence-electron chi connectivity index (χ1n) is 8.34. The molecule has 4 aromatic rings. The predicted molar refractivity (Wildman–Crippen MR) is 93.3 cm³/mol. The van der Waals surface area contributed by atoms with Crippen molar-refractivity contribution in [2.75, 3.05) is 0 Å². The largest absolute Gasteiger partial charge is 0.478 e. The lowest BCUT2D eigenvalue weighted by Crippen LogP contribution is -2.09. The van der Waals surface area contributed by atoms with Gasteiger partial charge in [0.15, 0.2) is 5.76 Å². The maximum absolute atomic E-state index is 11.5. The molecule has 5 rings (SSSR count). The molecule has 1 aromatic carbocycles. The van der Waals surface area contributed by atoms with Crippen molar-refractivity contribution in [2.45, 2.75) is 18.8 Å². The number of carboxylic acids is 1. The van der Waals surface area contributed by atoms with Crippen LogP contribution in [0.3, 0.4) is 0 Å². The lowest BCUT2D eigenvalue weighted by atomic mass is 10.2. The van der Waals surface area contributed by atoms with Gasteiger partial charge >= 0.3 is 5.97 Å². The molecule has 0 amide bonds. The van der Waals surface area contributed by atoms with Crippen LogP contribution in [0.1, 0.15) is 34.8 Å². The highest BCUT2D eigenvalue weighted by atomic mass is 16.4. The van der Waals surface area contributed by atoms with Crippen molar-refractivity contribution < 1.29 is 14.3 Å². The molecule has 7 nitrogen and oxygen atoms in total. The number of benzene rings is 1. The van der Waals surface area contributed by atoms with Crippen molar-refractivity contribution in [3.63, 3.8) is 0 Å². The first kappa shape index (κ1) is 14.8. The number of carboxylic acid groups (broad SMARTS) is 1. The summed E-state index contributed by atoms with van der Waals surface area (Å²) in [7, 11) is 0. The van der Waals surface area contributed by atoms with Crippen molar-refractivity contribution >= 4 is 16.9 Å². The van der Waals surface area contributed by atoms with E-state index in [9.17, 15) is 9.90 Å². The molecule has 7 heteroatoms. The lowest BCUT2D eigenvalue weighted by Gasteiger charge is -2.06. The van der Waals surface area contributed by atoms with Crippen LogP contribution in [0, 0.1) is 0 Å². The zero-order valence-electron chi connectivity index (χ0n) is 13.7. The topological polar surface area (TPSA) is 94.0 Å². The first-order valence-corrected chi connectivity index (χ1v) is 8.34. The quantitative estimate of drug-likeness (QED) is 0.606. The number of rotatable bonds is 4. The van der Waals surface area contributed by atoms with Crippen LogP contribution in [-0.4, -0.2) is 30.8 Å². The molecule has 0 atom stereocenters. The number of para-hydroxylation sites is 1. The van der Waals surface area contributed by atoms with Crippen molar-refractivity contribution in [3.8, 4) is 17.4 Å². The number of hydrogen-bond donors (Lipinski definition) is 1. The Morgan fingerprint density at radius 1 is 1.23 bits per heavy atom. The summed E-state index contributed by atoms with van der Waals surface area (Å²) in [5.74, 6) is 0.194. The number of nitrogens with zero attached hydrogens (tertiary/aromatic N) is 4. The highest BCUT2D eigenvalue weighted by molar-refractivity contribution is 5.89. The van der Waals surface area contributed by atoms with Crippen LogP contribution in [0.4, 0.5) is 0 Å². The standard InChI is InChI=1S/C19H14N4O3/c24-18(25)13-10-21-23(17(13)11-5-6-11)19-20-8-7-14(22-19)16-9-12-3-1-2-4-15(12)26-16/h1-4,7-11H,5-6H2,(H,24,25). The number of hydrogen-bond acceptors (Lipinski definition) is 5. The number of carbonyl (C=O) groups is 1. The number of furan rings is 1. The van der Waals surface area contributed by atoms with E-state index in [-0.39, 0.29) is 11.5 Å². The average molecular weight is 346 g/mol. The van der Waals surface area contributed by atoms with Crippen molar-refractivity contribution in [1.82, 2.24) is 19.7 Å². The molecule has 0 radical (unpaired) electrons. The van der Waals surface area contributed by atoms with Crippen LogP contribution >= 0.6 is 0 Å². The van der Waals surface area contributed by atoms with Crippen LogP contribution in [0.15, 0.2) is 53.2 Å². The fraction of sp³-hybridized carbons (Fsp3) is 0.158. The second-order valence-electron chi connectivity index (χ2n) is 6.33. The van der Waals surface area contributed by atoms with Crippen LogP contribution in [0.2, 0.25) is 0 Å². The predicted octanol–water partition coefficient (Wildman–Crippen LogP) is 3.65. The Kier molecular flexibility index (Phi) is 3.15. The van der Waals surface area contributed by atoms with Gasteiger partial charge < -0.3 is 9.52 Å². The van der Waals surface area contributed by atoms with Gasteiger partial charge in [-0.1, -0.05) is 18.2 Å². The molecule has 0 saturated heterocycles. The molecular weight excluding hydrogens is 332 g/mol. The number of fused-ring (bicyclic) bond motifs is 1. The maximum atomic E-state index is 11.5. The van der Waals surface area contributed by atoms with Gasteiger partial charge in [0.1, 0.15) is 16.8 Å². The Bertz CT molecular complexity index is 1110. The van der Waals surface area contributed by atoms with Gasteiger partial charge in [0.25, 0.3) is 5.95 Å². The molecule has 3 aromatic heterocycles. The van der Waals surface area contributed by atoms with E-state index in [1.54, 1.807) is 12.3 Å². The average Bonchev–Trinajstić information content (AvgIpc) is 3.24. The summed E-state index contributed by atoms with van der Waals surface area (Å²) >= 11 is 0. The van der Waals surface area contributed by atoms with Crippen LogP contribution < -0.4 is 0 Å². The molecule has 0 bridgehead atoms. The summed E-state index contributed by atoms with van der Waals surface area (Å²) in [6, 6.07) is 11.4. The second kappa shape index (κ2) is 5.52. The van der Waals surface area contributed by atoms with E-state index in [0.29, 0.717) is 23.1 Å². The van der Waals surface area contributed by atoms with Crippen LogP contribution in [-0.2, 0) is 0 Å². The summed E-state index contributed by atoms with van der Waals surface area (Å²) in [5, 5.41) is 14.6. The van der Waals surface area contributed by atoms with E-state index in [2.05, 4.69) is 15.1 Å². The summed E-state index contributed by atoms with van der Waals surface area (Å²) in [6.07, 6.45) is 4.90. The molecule has 128 valence electrons. The smallest absolute Gasteiger partial charge is 0.339 e. The van der Waals surface area contributed by atoms with Crippen molar-refractivity contribution in [1.29, 1.82) is 0 Å². The molecular formula is C19H14N4O3. The van der Waals surface area contributed by atoms with E-state index in [4.69, 9.17) is 4.42 Å². The fourth-order valence-electron chi connectivity index (χ4n) is 3.13. The summed E-state index contributed by atoms with van der Waals surface area (Å²) in [6.45, 7) is 0. The molecule has 3 heterocycles. The SMILES string of the molecule is O=C(O)c1cnn(-c2nccc(-c3cc4ccccc4o3)n2)c1C1CC1. The molecule has 1 aliphatic rings. The molecule has 0 unspecified atom stereocenters. The third kappa shape index (κ3) is 2.36. The molecule has 0 spiro atoms. The highest BCUT2D eigenvalue weighted by Crippen LogP contribution is 2.42. The van der Waals surface area contributed by atoms with Crippen molar-refractivity contribution in [2.24, 2.45) is 0 Å². The summed E-state index contributed by atoms with van der Waals surface area (Å²) < 4.78 is 7.40. The second-order valence-corrected chi connectivity index (χ2v) is 6.33. The Balaban J connectivity index is 1.62. The van der Waals surface area contributed by atoms with Gasteiger partial charge in [-0.2, -0.15) is 5.10 Å². The minimum Gasteiger partial charge on any atom is -0.478 e. The third-order valence-electron chi connectivity index (χ3n) is 4.51. The van der Waals surface area contributed by atoms with Crippen LogP contribution in [0.25, 0.3) is 28.4 Å². The Morgan fingerprint density at radius 3 is 2.85 bits per heavy atom. The Morgan fingerprint density at radius 2 is 2.08 bits per heavy atom. The van der Waals surface area contributed by atoms with Gasteiger partial charge in [-0.05, 0) is 31.0 Å². The summed E-state index contributed by atoms with van der Waals surface area (Å²) in [5.41, 5.74) is 2.29. The highest BCUT2D eigenvalue weighted by Gasteiger charge is 2.33. The third-order valence-corrected chi connectivity index (χ3v) is 4.51. The zero-order chi connectivity index (χ0) is 17.7. The normalized spacial score (nSPS) is 14.0. The first-order chi connectivity index (χ1) is 12.7. The molecule has 0 aliphatic heterocycles. The number of aromatic carboxylic acids is 1. The minimum atomic E-state index is -0.980. The van der Waals surface area contributed by atoms with E-state index in [0.717, 1.165) is 23.8 Å². The molecule has 1 aliphatic carbocycles. The summed E-state index contributed by atoms with van der Waals surface area (Å²) in [4.78, 5) is 20.3. The molecule has 1 fully saturated rings. The number of aromatic nitrogens is 4. The lowest BCUT2D eigenvalue weighted by molar-refractivity contribution is 0.0695. The van der Waals surface area contributed by atoms with E-state index < -0.39 is 5.97 Å². The van der Waals surface area contributed by atoms with Crippen molar-refractivity contribution in [3.05, 3.63) is 60.0 Å². The van der Waals surface area contributed by atoms with Gasteiger partial charge in [-0.25, -0.2) is 19.4 Å². The monoisotopic (exact) mass is 346 g/mol. The maximum Gasteiger partial charge on any atom is 0.339 e. The molecule has 26 heavy (non-hydrogen) atoms. The fourth-order valence-corrected chi connectivity index (χ4v) is 3.13. The minimum absolute atomic E-state index is 0.196. The van der Waals surface area contributed by atoms with Gasteiger partial charge in [-0.3, -0.25) is 0 Å². The zero-order valence-corrected chi connectivity index (χ0v) is 13.7. The van der Waals surface area contributed by atoms with Gasteiger partial charge in [0.05, 0.1) is 11.9 Å². The molecule has 1 saturated carbocycles. The Hall–Kier alpha value is -3.48. The van der Waals surface area contributed by atoms with E-state index in [1.165, 1.54) is 10.9 Å². The van der Waals surface area contributed by atoms with Gasteiger partial charge in [-0.15, -0.1) is 0 Å². The van der Waals surface area contributed by atoms with E-state index >= 15 is 0 Å².